The number of para-hydroxylation sites is 1. The van der Waals surface area contributed by atoms with Crippen LogP contribution in [0.1, 0.15) is 27.4 Å². The molecular weight excluding hydrogens is 364 g/mol. The van der Waals surface area contributed by atoms with Crippen LogP contribution in [0.3, 0.4) is 0 Å². The Labute approximate surface area is 163 Å². The molecule has 138 valence electrons. The van der Waals surface area contributed by atoms with Gasteiger partial charge in [-0.15, -0.1) is 0 Å². The van der Waals surface area contributed by atoms with Gasteiger partial charge in [-0.3, -0.25) is 4.79 Å². The second-order valence-electron chi connectivity index (χ2n) is 5.90. The molecule has 0 saturated heterocycles. The van der Waals surface area contributed by atoms with Crippen LogP contribution < -0.4 is 9.47 Å². The Morgan fingerprint density at radius 1 is 1.11 bits per heavy atom. The number of methoxy groups -OCH3 is 1. The van der Waals surface area contributed by atoms with Crippen LogP contribution in [0, 0.1) is 6.92 Å². The average molecular weight is 383 g/mol. The molecule has 1 heterocycles. The van der Waals surface area contributed by atoms with Crippen LogP contribution >= 0.6 is 11.6 Å². The summed E-state index contributed by atoms with van der Waals surface area (Å²) in [5.41, 5.74) is 1.54. The molecule has 0 bridgehead atoms. The first-order valence-electron chi connectivity index (χ1n) is 8.40. The number of ether oxygens (including phenoxy) is 2. The number of allylic oxidation sites excluding steroid dienone is 1. The highest BCUT2D eigenvalue weighted by molar-refractivity contribution is 6.32. The molecule has 4 nitrogen and oxygen atoms in total. The van der Waals surface area contributed by atoms with Crippen molar-refractivity contribution in [2.75, 3.05) is 7.11 Å². The normalized spacial score (nSPS) is 10.9. The minimum absolute atomic E-state index is 0.112. The van der Waals surface area contributed by atoms with Crippen molar-refractivity contribution in [1.29, 1.82) is 0 Å². The summed E-state index contributed by atoms with van der Waals surface area (Å²) in [5, 5.41) is 0.562. The average Bonchev–Trinajstić information content (AvgIpc) is 3.13. The van der Waals surface area contributed by atoms with Gasteiger partial charge < -0.3 is 13.9 Å². The first-order chi connectivity index (χ1) is 13.1. The second kappa shape index (κ2) is 8.60. The van der Waals surface area contributed by atoms with E-state index in [0.29, 0.717) is 33.6 Å². The Kier molecular flexibility index (Phi) is 5.99. The fraction of sp³-hybridized carbons (Fsp3) is 0.136. The highest BCUT2D eigenvalue weighted by Gasteiger charge is 2.08. The topological polar surface area (TPSA) is 48.7 Å². The molecule has 0 aliphatic rings. The van der Waals surface area contributed by atoms with Crippen molar-refractivity contribution < 1.29 is 18.7 Å². The number of carbonyl (C=O) groups is 1. The molecule has 0 aliphatic carbocycles. The predicted molar refractivity (Wildman–Crippen MR) is 106 cm³/mol. The lowest BCUT2D eigenvalue weighted by Crippen LogP contribution is -1.96. The molecule has 3 rings (SSSR count). The number of aryl methyl sites for hydroxylation is 1. The van der Waals surface area contributed by atoms with Crippen molar-refractivity contribution in [3.63, 3.8) is 0 Å². The zero-order valence-electron chi connectivity index (χ0n) is 15.1. The van der Waals surface area contributed by atoms with E-state index in [0.717, 1.165) is 5.56 Å². The van der Waals surface area contributed by atoms with E-state index in [1.165, 1.54) is 6.08 Å². The molecule has 27 heavy (non-hydrogen) atoms. The summed E-state index contributed by atoms with van der Waals surface area (Å²) in [6.07, 6.45) is 3.11. The van der Waals surface area contributed by atoms with Gasteiger partial charge in [0.15, 0.2) is 5.78 Å². The Bertz CT molecular complexity index is 934. The molecule has 0 unspecified atom stereocenters. The third-order valence-electron chi connectivity index (χ3n) is 3.98. The van der Waals surface area contributed by atoms with Gasteiger partial charge in [0, 0.05) is 5.56 Å². The molecule has 0 spiro atoms. The molecule has 3 aromatic rings. The van der Waals surface area contributed by atoms with Crippen molar-refractivity contribution in [3.05, 3.63) is 88.3 Å². The van der Waals surface area contributed by atoms with Crippen LogP contribution in [0.25, 0.3) is 6.08 Å². The predicted octanol–water partition coefficient (Wildman–Crippen LogP) is 5.73. The standard InChI is InChI=1S/C22H19ClO4/c1-15-4-3-5-20(23)22(15)26-14-19-11-10-18(27-19)12-13-21(24)16-6-8-17(25-2)9-7-16/h3-13H,14H2,1-2H3/b13-12+. The summed E-state index contributed by atoms with van der Waals surface area (Å²) < 4.78 is 16.5. The fourth-order valence-electron chi connectivity index (χ4n) is 2.51. The Morgan fingerprint density at radius 3 is 2.59 bits per heavy atom. The number of carbonyl (C=O) groups excluding carboxylic acids is 1. The Balaban J connectivity index is 1.61. The maximum Gasteiger partial charge on any atom is 0.185 e. The highest BCUT2D eigenvalue weighted by Crippen LogP contribution is 2.28. The number of halogens is 1. The van der Waals surface area contributed by atoms with Gasteiger partial charge in [0.05, 0.1) is 12.1 Å². The molecule has 0 amide bonds. The van der Waals surface area contributed by atoms with Crippen LogP contribution in [0.15, 0.2) is 65.1 Å². The van der Waals surface area contributed by atoms with Crippen molar-refractivity contribution in [2.45, 2.75) is 13.5 Å². The van der Waals surface area contributed by atoms with Crippen LogP contribution in [-0.2, 0) is 6.61 Å². The third kappa shape index (κ3) is 4.80. The summed E-state index contributed by atoms with van der Waals surface area (Å²) in [7, 11) is 1.59. The van der Waals surface area contributed by atoms with E-state index in [-0.39, 0.29) is 12.4 Å². The number of hydrogen-bond acceptors (Lipinski definition) is 4. The summed E-state index contributed by atoms with van der Waals surface area (Å²) >= 11 is 6.15. The zero-order chi connectivity index (χ0) is 19.2. The lowest BCUT2D eigenvalue weighted by molar-refractivity contribution is 0.104. The van der Waals surface area contributed by atoms with Crippen molar-refractivity contribution >= 4 is 23.5 Å². The van der Waals surface area contributed by atoms with Gasteiger partial charge in [0.25, 0.3) is 0 Å². The number of hydrogen-bond donors (Lipinski definition) is 0. The van der Waals surface area contributed by atoms with Gasteiger partial charge in [0.2, 0.25) is 0 Å². The minimum atomic E-state index is -0.112. The molecule has 1 aromatic heterocycles. The number of benzene rings is 2. The number of rotatable bonds is 7. The molecule has 0 fully saturated rings. The van der Waals surface area contributed by atoms with E-state index in [1.807, 2.05) is 25.1 Å². The fourth-order valence-corrected chi connectivity index (χ4v) is 2.79. The van der Waals surface area contributed by atoms with E-state index in [4.69, 9.17) is 25.5 Å². The summed E-state index contributed by atoms with van der Waals surface area (Å²) in [6, 6.07) is 16.1. The monoisotopic (exact) mass is 382 g/mol. The third-order valence-corrected chi connectivity index (χ3v) is 4.28. The number of ketones is 1. The maximum absolute atomic E-state index is 12.2. The van der Waals surface area contributed by atoms with Crippen molar-refractivity contribution in [1.82, 2.24) is 0 Å². The van der Waals surface area contributed by atoms with Gasteiger partial charge in [-0.1, -0.05) is 23.7 Å². The SMILES string of the molecule is COc1ccc(C(=O)/C=C/c2ccc(COc3c(C)cccc3Cl)o2)cc1. The van der Waals surface area contributed by atoms with Crippen molar-refractivity contribution in [2.24, 2.45) is 0 Å². The lowest BCUT2D eigenvalue weighted by Gasteiger charge is -2.09. The van der Waals surface area contributed by atoms with E-state index in [9.17, 15) is 4.79 Å². The first kappa shape index (κ1) is 18.8. The van der Waals surface area contributed by atoms with Crippen LogP contribution in [0.2, 0.25) is 5.02 Å². The molecule has 0 atom stereocenters. The first-order valence-corrected chi connectivity index (χ1v) is 8.77. The molecule has 0 aliphatic heterocycles. The van der Waals surface area contributed by atoms with Gasteiger partial charge in [0.1, 0.15) is 29.6 Å². The lowest BCUT2D eigenvalue weighted by atomic mass is 10.1. The quantitative estimate of drug-likeness (QED) is 0.387. The zero-order valence-corrected chi connectivity index (χ0v) is 15.8. The summed E-state index contributed by atoms with van der Waals surface area (Å²) in [6.45, 7) is 2.19. The molecule has 5 heteroatoms. The van der Waals surface area contributed by atoms with Gasteiger partial charge in [-0.05, 0) is 67.1 Å². The Morgan fingerprint density at radius 2 is 1.89 bits per heavy atom. The smallest absolute Gasteiger partial charge is 0.185 e. The molecular formula is C22H19ClO4. The van der Waals surface area contributed by atoms with Gasteiger partial charge in [-0.2, -0.15) is 0 Å². The maximum atomic E-state index is 12.2. The summed E-state index contributed by atoms with van der Waals surface area (Å²) in [4.78, 5) is 12.2. The van der Waals surface area contributed by atoms with Crippen LogP contribution in [0.5, 0.6) is 11.5 Å². The van der Waals surface area contributed by atoms with Crippen molar-refractivity contribution in [3.8, 4) is 11.5 Å². The van der Waals surface area contributed by atoms with Crippen LogP contribution in [0.4, 0.5) is 0 Å². The summed E-state index contributed by atoms with van der Waals surface area (Å²) in [5.74, 6) is 2.46. The molecule has 0 radical (unpaired) electrons. The van der Waals surface area contributed by atoms with E-state index < -0.39 is 0 Å². The van der Waals surface area contributed by atoms with E-state index in [1.54, 1.807) is 49.6 Å². The second-order valence-corrected chi connectivity index (χ2v) is 6.31. The minimum Gasteiger partial charge on any atom is -0.497 e. The Hall–Kier alpha value is -2.98. The van der Waals surface area contributed by atoms with Gasteiger partial charge in [-0.25, -0.2) is 0 Å². The molecule has 2 aromatic carbocycles. The largest absolute Gasteiger partial charge is 0.497 e. The van der Waals surface area contributed by atoms with E-state index in [2.05, 4.69) is 0 Å². The molecule has 0 N–H and O–H groups in total. The number of furan rings is 1. The van der Waals surface area contributed by atoms with Crippen LogP contribution in [-0.4, -0.2) is 12.9 Å². The van der Waals surface area contributed by atoms with E-state index >= 15 is 0 Å². The van der Waals surface area contributed by atoms with Gasteiger partial charge >= 0.3 is 0 Å². The highest BCUT2D eigenvalue weighted by atomic mass is 35.5. The molecule has 0 saturated carbocycles.